The van der Waals surface area contributed by atoms with Crippen molar-refractivity contribution in [3.8, 4) is 0 Å². The molecule has 0 saturated heterocycles. The molecule has 0 saturated carbocycles. The molecule has 1 aromatic heterocycles. The quantitative estimate of drug-likeness (QED) is 0.496. The van der Waals surface area contributed by atoms with E-state index in [9.17, 15) is 0 Å². The minimum Gasteiger partial charge on any atom is -0.398 e. The number of nitrogens with one attached hydrogen (secondary N) is 1. The summed E-state index contributed by atoms with van der Waals surface area (Å²) in [5, 5.41) is 0. The second kappa shape index (κ2) is 3.08. The molecule has 0 atom stereocenters. The van der Waals surface area contributed by atoms with Crippen LogP contribution >= 0.6 is 24.4 Å². The van der Waals surface area contributed by atoms with Crippen LogP contribution in [-0.4, -0.2) is 9.97 Å². The molecular formula is C6H8N4S2. The monoisotopic (exact) mass is 200 g/mol. The lowest BCUT2D eigenvalue weighted by atomic mass is 10.2. The lowest BCUT2D eigenvalue weighted by Gasteiger charge is -2.06. The van der Waals surface area contributed by atoms with Crippen LogP contribution < -0.4 is 17.2 Å². The Balaban J connectivity index is 3.48. The van der Waals surface area contributed by atoms with Crippen LogP contribution in [0.15, 0.2) is 6.07 Å². The molecule has 0 aliphatic carbocycles. The van der Waals surface area contributed by atoms with E-state index in [0.717, 1.165) is 0 Å². The fourth-order valence-electron chi connectivity index (χ4n) is 0.875. The largest absolute Gasteiger partial charge is 0.398 e. The zero-order valence-corrected chi connectivity index (χ0v) is 7.76. The summed E-state index contributed by atoms with van der Waals surface area (Å²) in [7, 11) is 0. The predicted octanol–water partition coefficient (Wildman–Crippen LogP) is 0.543. The summed E-state index contributed by atoms with van der Waals surface area (Å²) < 4.78 is 0.463. The highest BCUT2D eigenvalue weighted by molar-refractivity contribution is 7.80. The first-order chi connectivity index (χ1) is 5.52. The Morgan fingerprint density at radius 2 is 2.00 bits per heavy atom. The van der Waals surface area contributed by atoms with Gasteiger partial charge in [-0.05, 0) is 6.07 Å². The molecule has 0 unspecified atom stereocenters. The highest BCUT2D eigenvalue weighted by Gasteiger charge is 2.06. The maximum atomic E-state index is 5.59. The lowest BCUT2D eigenvalue weighted by Crippen LogP contribution is -2.15. The Morgan fingerprint density at radius 3 is 2.42 bits per heavy atom. The molecular weight excluding hydrogens is 192 g/mol. The van der Waals surface area contributed by atoms with Crippen molar-refractivity contribution in [2.75, 3.05) is 11.5 Å². The predicted molar refractivity (Wildman–Crippen MR) is 56.3 cm³/mol. The van der Waals surface area contributed by atoms with Gasteiger partial charge < -0.3 is 22.2 Å². The van der Waals surface area contributed by atoms with Gasteiger partial charge in [0.25, 0.3) is 0 Å². The molecule has 0 aromatic carbocycles. The summed E-state index contributed by atoms with van der Waals surface area (Å²) in [6.07, 6.45) is 0. The molecule has 1 heterocycles. The molecule has 0 fully saturated rings. The van der Waals surface area contributed by atoms with Crippen molar-refractivity contribution in [1.29, 1.82) is 0 Å². The number of aromatic nitrogens is 1. The fourth-order valence-corrected chi connectivity index (χ4v) is 1.34. The third kappa shape index (κ3) is 1.54. The highest BCUT2D eigenvalue weighted by Crippen LogP contribution is 2.16. The van der Waals surface area contributed by atoms with E-state index in [1.807, 2.05) is 0 Å². The molecule has 6 heteroatoms. The topological polar surface area (TPSA) is 93.8 Å². The van der Waals surface area contributed by atoms with E-state index < -0.39 is 0 Å². The fraction of sp³-hybridized carbons (Fsp3) is 0. The summed E-state index contributed by atoms with van der Waals surface area (Å²) in [5.41, 5.74) is 17.4. The van der Waals surface area contributed by atoms with E-state index in [-0.39, 0.29) is 4.99 Å². The van der Waals surface area contributed by atoms with Gasteiger partial charge in [-0.2, -0.15) is 0 Å². The number of hydrogen-bond acceptors (Lipinski definition) is 4. The summed E-state index contributed by atoms with van der Waals surface area (Å²) >= 11 is 9.58. The van der Waals surface area contributed by atoms with E-state index in [4.69, 9.17) is 41.6 Å². The molecule has 64 valence electrons. The number of H-pyrrole nitrogens is 1. The number of rotatable bonds is 1. The van der Waals surface area contributed by atoms with Crippen LogP contribution in [0.2, 0.25) is 0 Å². The Morgan fingerprint density at radius 1 is 1.42 bits per heavy atom. The summed E-state index contributed by atoms with van der Waals surface area (Å²) in [6, 6.07) is 1.56. The molecule has 0 radical (unpaired) electrons. The number of pyridine rings is 1. The van der Waals surface area contributed by atoms with E-state index >= 15 is 0 Å². The first-order valence-electron chi connectivity index (χ1n) is 3.10. The molecule has 0 spiro atoms. The van der Waals surface area contributed by atoms with Crippen LogP contribution in [0, 0.1) is 4.64 Å². The van der Waals surface area contributed by atoms with Crippen LogP contribution in [-0.2, 0) is 0 Å². The van der Waals surface area contributed by atoms with Crippen molar-refractivity contribution in [1.82, 2.24) is 4.98 Å². The van der Waals surface area contributed by atoms with Crippen molar-refractivity contribution in [3.05, 3.63) is 16.3 Å². The molecule has 12 heavy (non-hydrogen) atoms. The van der Waals surface area contributed by atoms with Gasteiger partial charge in [0.2, 0.25) is 0 Å². The average molecular weight is 200 g/mol. The van der Waals surface area contributed by atoms with Crippen LogP contribution in [0.4, 0.5) is 11.5 Å². The molecule has 0 aliphatic heterocycles. The number of nitrogens with two attached hydrogens (primary N) is 3. The van der Waals surface area contributed by atoms with Gasteiger partial charge in [0, 0.05) is 5.69 Å². The van der Waals surface area contributed by atoms with Crippen molar-refractivity contribution >= 4 is 40.9 Å². The van der Waals surface area contributed by atoms with Gasteiger partial charge in [-0.25, -0.2) is 0 Å². The molecule has 4 nitrogen and oxygen atoms in total. The lowest BCUT2D eigenvalue weighted by molar-refractivity contribution is 1.30. The van der Waals surface area contributed by atoms with Crippen molar-refractivity contribution in [2.24, 2.45) is 5.73 Å². The Labute approximate surface area is 79.8 Å². The standard InChI is InChI=1S/C6H8N4S2/c7-2-1-3(11)10-5(8)4(2)6(9)12/h1H,(H2,9,12)(H5,7,8,10,11). The SMILES string of the molecule is NC(=S)c1c(N)cc(=S)[nH]c1N. The van der Waals surface area contributed by atoms with E-state index in [0.29, 0.717) is 21.7 Å². The van der Waals surface area contributed by atoms with Gasteiger partial charge in [-0.3, -0.25) is 0 Å². The zero-order chi connectivity index (χ0) is 9.30. The third-order valence-electron chi connectivity index (χ3n) is 1.35. The Bertz CT molecular complexity index is 355. The zero-order valence-electron chi connectivity index (χ0n) is 6.13. The molecule has 0 bridgehead atoms. The van der Waals surface area contributed by atoms with Crippen LogP contribution in [0.3, 0.4) is 0 Å². The van der Waals surface area contributed by atoms with Gasteiger partial charge in [0.1, 0.15) is 15.4 Å². The van der Waals surface area contributed by atoms with Gasteiger partial charge in [0.15, 0.2) is 0 Å². The van der Waals surface area contributed by atoms with Crippen molar-refractivity contribution < 1.29 is 0 Å². The molecule has 1 rings (SSSR count). The second-order valence-corrected chi connectivity index (χ2v) is 3.12. The Kier molecular flexibility index (Phi) is 2.30. The molecule has 7 N–H and O–H groups in total. The number of anilines is 2. The van der Waals surface area contributed by atoms with Gasteiger partial charge in [0.05, 0.1) is 5.56 Å². The van der Waals surface area contributed by atoms with Gasteiger partial charge in [-0.15, -0.1) is 0 Å². The molecule has 1 aromatic rings. The first-order valence-corrected chi connectivity index (χ1v) is 3.92. The highest BCUT2D eigenvalue weighted by atomic mass is 32.1. The smallest absolute Gasteiger partial charge is 0.114 e. The number of hydrogen-bond donors (Lipinski definition) is 4. The normalized spacial score (nSPS) is 9.67. The number of thiocarbonyl (C=S) groups is 1. The molecule has 0 aliphatic rings. The number of nitrogen functional groups attached to an aromatic ring is 2. The summed E-state index contributed by atoms with van der Waals surface area (Å²) in [6.45, 7) is 0. The maximum Gasteiger partial charge on any atom is 0.114 e. The number of aromatic amines is 1. The van der Waals surface area contributed by atoms with Crippen LogP contribution in [0.5, 0.6) is 0 Å². The van der Waals surface area contributed by atoms with Crippen molar-refractivity contribution in [3.63, 3.8) is 0 Å². The van der Waals surface area contributed by atoms with E-state index in [2.05, 4.69) is 4.98 Å². The minimum atomic E-state index is 0.163. The minimum absolute atomic E-state index is 0.163. The average Bonchev–Trinajstić information content (AvgIpc) is 1.82. The van der Waals surface area contributed by atoms with Crippen LogP contribution in [0.1, 0.15) is 5.56 Å². The van der Waals surface area contributed by atoms with Gasteiger partial charge >= 0.3 is 0 Å². The van der Waals surface area contributed by atoms with E-state index in [1.54, 1.807) is 6.07 Å². The van der Waals surface area contributed by atoms with Gasteiger partial charge in [-0.1, -0.05) is 24.4 Å². The Hall–Kier alpha value is -1.14. The molecule has 0 amide bonds. The van der Waals surface area contributed by atoms with Crippen LogP contribution in [0.25, 0.3) is 0 Å². The van der Waals surface area contributed by atoms with Crippen molar-refractivity contribution in [2.45, 2.75) is 0 Å². The summed E-state index contributed by atoms with van der Waals surface area (Å²) in [4.78, 5) is 2.87. The summed E-state index contributed by atoms with van der Waals surface area (Å²) in [5.74, 6) is 0.313. The second-order valence-electron chi connectivity index (χ2n) is 2.24. The third-order valence-corrected chi connectivity index (χ3v) is 1.77. The maximum absolute atomic E-state index is 5.59. The van der Waals surface area contributed by atoms with E-state index in [1.165, 1.54) is 0 Å². The first kappa shape index (κ1) is 8.95.